The van der Waals surface area contributed by atoms with Gasteiger partial charge in [-0.15, -0.1) is 0 Å². The van der Waals surface area contributed by atoms with Gasteiger partial charge in [0, 0.05) is 16.5 Å². The molecule has 0 spiro atoms. The fraction of sp³-hybridized carbons (Fsp3) is 0. The smallest absolute Gasteiger partial charge is 0.303 e. The summed E-state index contributed by atoms with van der Waals surface area (Å²) in [4.78, 5) is 23.5. The lowest BCUT2D eigenvalue weighted by molar-refractivity contribution is -0.387. The number of nitrogens with one attached hydrogen (secondary N) is 1. The molecule has 0 aliphatic carbocycles. The molecule has 0 bridgehead atoms. The SMILES string of the molecule is NNc1ncnc(Sc2cccc3cccnc23)c1[N+](=O)[O-]. The highest BCUT2D eigenvalue weighted by Gasteiger charge is 2.23. The van der Waals surface area contributed by atoms with Crippen LogP contribution in [0.25, 0.3) is 10.9 Å². The quantitative estimate of drug-likeness (QED) is 0.326. The highest BCUT2D eigenvalue weighted by atomic mass is 32.2. The van der Waals surface area contributed by atoms with E-state index in [9.17, 15) is 10.1 Å². The molecule has 2 heterocycles. The lowest BCUT2D eigenvalue weighted by Crippen LogP contribution is -2.12. The van der Waals surface area contributed by atoms with Crippen LogP contribution in [-0.4, -0.2) is 19.9 Å². The van der Waals surface area contributed by atoms with Crippen molar-refractivity contribution in [1.82, 2.24) is 15.0 Å². The van der Waals surface area contributed by atoms with E-state index < -0.39 is 4.92 Å². The van der Waals surface area contributed by atoms with Crippen LogP contribution in [0.1, 0.15) is 0 Å². The van der Waals surface area contributed by atoms with Crippen molar-refractivity contribution < 1.29 is 4.92 Å². The summed E-state index contributed by atoms with van der Waals surface area (Å²) in [7, 11) is 0. The average Bonchev–Trinajstić information content (AvgIpc) is 2.54. The van der Waals surface area contributed by atoms with Gasteiger partial charge in [-0.1, -0.05) is 30.0 Å². The second kappa shape index (κ2) is 5.92. The molecule has 0 aliphatic heterocycles. The van der Waals surface area contributed by atoms with Gasteiger partial charge in [-0.2, -0.15) is 0 Å². The Balaban J connectivity index is 2.11. The van der Waals surface area contributed by atoms with E-state index >= 15 is 0 Å². The van der Waals surface area contributed by atoms with Crippen molar-refractivity contribution in [2.24, 2.45) is 5.84 Å². The number of hydrazine groups is 1. The molecule has 110 valence electrons. The summed E-state index contributed by atoms with van der Waals surface area (Å²) in [6.07, 6.45) is 2.90. The van der Waals surface area contributed by atoms with Crippen LogP contribution in [-0.2, 0) is 0 Å². The third-order valence-electron chi connectivity index (χ3n) is 2.91. The Morgan fingerprint density at radius 1 is 1.18 bits per heavy atom. The number of nitrogens with zero attached hydrogens (tertiary/aromatic N) is 4. The van der Waals surface area contributed by atoms with Crippen molar-refractivity contribution in [1.29, 1.82) is 0 Å². The van der Waals surface area contributed by atoms with E-state index in [1.54, 1.807) is 6.20 Å². The number of aromatic nitrogens is 3. The molecule has 3 rings (SSSR count). The second-order valence-electron chi connectivity index (χ2n) is 4.21. The van der Waals surface area contributed by atoms with E-state index in [-0.39, 0.29) is 16.5 Å². The van der Waals surface area contributed by atoms with Gasteiger partial charge in [0.15, 0.2) is 5.03 Å². The predicted molar refractivity (Wildman–Crippen MR) is 82.4 cm³/mol. The monoisotopic (exact) mass is 314 g/mol. The normalized spacial score (nSPS) is 10.6. The third-order valence-corrected chi connectivity index (χ3v) is 3.95. The van der Waals surface area contributed by atoms with Crippen LogP contribution in [0.2, 0.25) is 0 Å². The lowest BCUT2D eigenvalue weighted by Gasteiger charge is -2.07. The number of pyridine rings is 1. The van der Waals surface area contributed by atoms with Crippen molar-refractivity contribution >= 4 is 34.2 Å². The van der Waals surface area contributed by atoms with Gasteiger partial charge in [0.1, 0.15) is 6.33 Å². The summed E-state index contributed by atoms with van der Waals surface area (Å²) in [6.45, 7) is 0. The molecule has 3 aromatic rings. The van der Waals surface area contributed by atoms with Crippen LogP contribution in [0.3, 0.4) is 0 Å². The Hall–Kier alpha value is -2.78. The molecule has 0 amide bonds. The minimum Gasteiger partial charge on any atom is -0.303 e. The fourth-order valence-electron chi connectivity index (χ4n) is 1.97. The van der Waals surface area contributed by atoms with E-state index in [2.05, 4.69) is 20.4 Å². The summed E-state index contributed by atoms with van der Waals surface area (Å²) in [5.74, 6) is 5.24. The predicted octanol–water partition coefficient (Wildman–Crippen LogP) is 2.37. The Morgan fingerprint density at radius 2 is 2.00 bits per heavy atom. The second-order valence-corrected chi connectivity index (χ2v) is 5.24. The summed E-state index contributed by atoms with van der Waals surface area (Å²) >= 11 is 1.15. The Bertz CT molecular complexity index is 852. The van der Waals surface area contributed by atoms with E-state index in [0.29, 0.717) is 0 Å². The molecular weight excluding hydrogens is 304 g/mol. The van der Waals surface area contributed by atoms with Gasteiger partial charge in [-0.25, -0.2) is 15.8 Å². The zero-order valence-corrected chi connectivity index (χ0v) is 11.9. The van der Waals surface area contributed by atoms with Crippen LogP contribution < -0.4 is 11.3 Å². The summed E-state index contributed by atoms with van der Waals surface area (Å²) in [6, 6.07) is 9.38. The Morgan fingerprint density at radius 3 is 2.77 bits per heavy atom. The summed E-state index contributed by atoms with van der Waals surface area (Å²) in [5, 5.41) is 12.4. The molecule has 1 aromatic carbocycles. The first-order chi connectivity index (χ1) is 10.7. The van der Waals surface area contributed by atoms with E-state index in [4.69, 9.17) is 5.84 Å². The number of anilines is 1. The van der Waals surface area contributed by atoms with Crippen molar-refractivity contribution in [2.75, 3.05) is 5.43 Å². The van der Waals surface area contributed by atoms with Gasteiger partial charge in [0.2, 0.25) is 5.82 Å². The molecule has 0 atom stereocenters. The van der Waals surface area contributed by atoms with Gasteiger partial charge in [0.05, 0.1) is 10.4 Å². The van der Waals surface area contributed by atoms with Gasteiger partial charge < -0.3 is 5.43 Å². The number of fused-ring (bicyclic) bond motifs is 1. The molecule has 0 saturated carbocycles. The number of nitrogen functional groups attached to an aromatic ring is 1. The van der Waals surface area contributed by atoms with Crippen LogP contribution in [0.4, 0.5) is 11.5 Å². The van der Waals surface area contributed by atoms with Crippen LogP contribution in [0.15, 0.2) is 52.8 Å². The first kappa shape index (κ1) is 14.2. The molecule has 0 radical (unpaired) electrons. The maximum atomic E-state index is 11.3. The summed E-state index contributed by atoms with van der Waals surface area (Å²) in [5.41, 5.74) is 2.71. The van der Waals surface area contributed by atoms with Gasteiger partial charge in [0.25, 0.3) is 0 Å². The average molecular weight is 314 g/mol. The Labute approximate surface area is 128 Å². The molecule has 9 heteroatoms. The van der Waals surface area contributed by atoms with Crippen molar-refractivity contribution in [2.45, 2.75) is 9.92 Å². The standard InChI is InChI=1S/C13H10N6O2S/c14-18-12-11(19(20)21)13(17-7-16-12)22-9-5-1-3-8-4-2-6-15-10(8)9/h1-7H,14H2,(H,16,17,18). The molecule has 8 nitrogen and oxygen atoms in total. The zero-order chi connectivity index (χ0) is 15.5. The number of nitrogens with two attached hydrogens (primary N) is 1. The maximum Gasteiger partial charge on any atom is 0.344 e. The van der Waals surface area contributed by atoms with Crippen LogP contribution >= 0.6 is 11.8 Å². The number of hydrogen-bond donors (Lipinski definition) is 2. The minimum absolute atomic E-state index is 0.0318. The maximum absolute atomic E-state index is 11.3. The van der Waals surface area contributed by atoms with E-state index in [0.717, 1.165) is 27.6 Å². The molecule has 0 aliphatic rings. The molecule has 3 N–H and O–H groups in total. The molecular formula is C13H10N6O2S. The number of rotatable bonds is 4. The van der Waals surface area contributed by atoms with Crippen molar-refractivity contribution in [3.63, 3.8) is 0 Å². The number of para-hydroxylation sites is 1. The number of nitro groups is 1. The first-order valence-electron chi connectivity index (χ1n) is 6.18. The highest BCUT2D eigenvalue weighted by Crippen LogP contribution is 2.38. The first-order valence-corrected chi connectivity index (χ1v) is 7.00. The minimum atomic E-state index is -0.559. The number of benzene rings is 1. The van der Waals surface area contributed by atoms with Crippen molar-refractivity contribution in [3.8, 4) is 0 Å². The number of hydrogen-bond acceptors (Lipinski definition) is 8. The zero-order valence-electron chi connectivity index (χ0n) is 11.1. The molecule has 0 fully saturated rings. The van der Waals surface area contributed by atoms with Crippen LogP contribution in [0, 0.1) is 10.1 Å². The van der Waals surface area contributed by atoms with Gasteiger partial charge in [-0.05, 0) is 12.1 Å². The van der Waals surface area contributed by atoms with E-state index in [1.807, 2.05) is 30.3 Å². The largest absolute Gasteiger partial charge is 0.344 e. The van der Waals surface area contributed by atoms with Crippen LogP contribution in [0.5, 0.6) is 0 Å². The lowest BCUT2D eigenvalue weighted by atomic mass is 10.2. The van der Waals surface area contributed by atoms with Gasteiger partial charge in [-0.3, -0.25) is 15.1 Å². The highest BCUT2D eigenvalue weighted by molar-refractivity contribution is 7.99. The van der Waals surface area contributed by atoms with Gasteiger partial charge >= 0.3 is 5.69 Å². The topological polar surface area (TPSA) is 120 Å². The Kier molecular flexibility index (Phi) is 3.81. The fourth-order valence-corrected chi connectivity index (χ4v) is 2.96. The molecule has 2 aromatic heterocycles. The van der Waals surface area contributed by atoms with E-state index in [1.165, 1.54) is 6.33 Å². The molecule has 0 saturated heterocycles. The van der Waals surface area contributed by atoms with Crippen molar-refractivity contribution in [3.05, 3.63) is 53.0 Å². The molecule has 22 heavy (non-hydrogen) atoms. The summed E-state index contributed by atoms with van der Waals surface area (Å²) < 4.78 is 0. The third kappa shape index (κ3) is 2.54. The molecule has 0 unspecified atom stereocenters.